The largest absolute Gasteiger partial charge is 0.490 e. The van der Waals surface area contributed by atoms with Gasteiger partial charge >= 0.3 is 0 Å². The summed E-state index contributed by atoms with van der Waals surface area (Å²) in [6.07, 6.45) is 4.99. The summed E-state index contributed by atoms with van der Waals surface area (Å²) < 4.78 is 8.15. The number of para-hydroxylation sites is 1. The molecule has 0 radical (unpaired) electrons. The van der Waals surface area contributed by atoms with Gasteiger partial charge in [-0.3, -0.25) is 9.67 Å². The van der Waals surface area contributed by atoms with Gasteiger partial charge in [-0.1, -0.05) is 18.2 Å². The number of hydrogen-bond acceptors (Lipinski definition) is 3. The van der Waals surface area contributed by atoms with Crippen molar-refractivity contribution in [3.8, 4) is 5.75 Å². The van der Waals surface area contributed by atoms with Crippen molar-refractivity contribution in [2.75, 3.05) is 13.6 Å². The summed E-state index contributed by atoms with van der Waals surface area (Å²) in [4.78, 5) is 4.32. The maximum absolute atomic E-state index is 6.10. The maximum atomic E-state index is 6.10. The van der Waals surface area contributed by atoms with Gasteiger partial charge in [-0.05, 0) is 51.7 Å². The molecule has 1 aliphatic carbocycles. The van der Waals surface area contributed by atoms with E-state index in [0.29, 0.717) is 12.6 Å². The molecule has 0 amide bonds. The first-order chi connectivity index (χ1) is 13.2. The van der Waals surface area contributed by atoms with Crippen LogP contribution in [0.15, 0.2) is 35.3 Å². The van der Waals surface area contributed by atoms with Crippen LogP contribution < -0.4 is 15.4 Å². The van der Waals surface area contributed by atoms with Crippen molar-refractivity contribution in [3.05, 3.63) is 47.3 Å². The Morgan fingerprint density at radius 3 is 2.68 bits per heavy atom. The van der Waals surface area contributed by atoms with E-state index >= 15 is 0 Å². The predicted octanol–water partition coefficient (Wildman–Crippen LogP) is 3.80. The number of halogens is 1. The van der Waals surface area contributed by atoms with Crippen LogP contribution in [0.2, 0.25) is 0 Å². The molecule has 154 valence electrons. The fourth-order valence-corrected chi connectivity index (χ4v) is 3.17. The topological polar surface area (TPSA) is 63.5 Å². The van der Waals surface area contributed by atoms with Crippen LogP contribution in [-0.2, 0) is 13.1 Å². The van der Waals surface area contributed by atoms with E-state index in [0.717, 1.165) is 42.5 Å². The average molecular weight is 497 g/mol. The van der Waals surface area contributed by atoms with Crippen molar-refractivity contribution in [1.29, 1.82) is 0 Å². The molecule has 0 saturated heterocycles. The van der Waals surface area contributed by atoms with Gasteiger partial charge in [-0.15, -0.1) is 24.0 Å². The Morgan fingerprint density at radius 1 is 1.25 bits per heavy atom. The molecule has 0 atom stereocenters. The van der Waals surface area contributed by atoms with E-state index in [4.69, 9.17) is 4.74 Å². The molecule has 1 saturated carbocycles. The number of nitrogens with one attached hydrogen (secondary N) is 2. The van der Waals surface area contributed by atoms with Crippen LogP contribution in [0.3, 0.4) is 0 Å². The fourth-order valence-electron chi connectivity index (χ4n) is 3.17. The molecule has 1 aromatic heterocycles. The third-order valence-electron chi connectivity index (χ3n) is 4.93. The summed E-state index contributed by atoms with van der Waals surface area (Å²) in [5, 5.41) is 11.3. The summed E-state index contributed by atoms with van der Waals surface area (Å²) in [5.41, 5.74) is 3.44. The molecule has 2 aromatic rings. The first-order valence-electron chi connectivity index (χ1n) is 9.86. The highest BCUT2D eigenvalue weighted by Gasteiger charge is 2.20. The van der Waals surface area contributed by atoms with Crippen molar-refractivity contribution in [3.63, 3.8) is 0 Å². The molecular weight excluding hydrogens is 465 g/mol. The third-order valence-corrected chi connectivity index (χ3v) is 4.93. The molecule has 1 aliphatic rings. The number of guanidine groups is 1. The Labute approximate surface area is 185 Å². The Morgan fingerprint density at radius 2 is 2.04 bits per heavy atom. The minimum Gasteiger partial charge on any atom is -0.490 e. The number of aliphatic imine (C=N–C) groups is 1. The molecule has 7 heteroatoms. The van der Waals surface area contributed by atoms with Crippen molar-refractivity contribution >= 4 is 29.9 Å². The summed E-state index contributed by atoms with van der Waals surface area (Å²) in [5.74, 6) is 1.79. The average Bonchev–Trinajstić information content (AvgIpc) is 2.95. The van der Waals surface area contributed by atoms with Crippen molar-refractivity contribution in [1.82, 2.24) is 20.4 Å². The summed E-state index contributed by atoms with van der Waals surface area (Å²) in [7, 11) is 1.80. The van der Waals surface area contributed by atoms with Gasteiger partial charge in [0.1, 0.15) is 5.75 Å². The zero-order chi connectivity index (χ0) is 19.1. The highest BCUT2D eigenvalue weighted by molar-refractivity contribution is 14.0. The van der Waals surface area contributed by atoms with E-state index in [9.17, 15) is 0 Å². The first-order valence-corrected chi connectivity index (χ1v) is 9.86. The predicted molar refractivity (Wildman–Crippen MR) is 125 cm³/mol. The number of benzene rings is 1. The maximum Gasteiger partial charge on any atom is 0.191 e. The molecular formula is C21H32IN5O. The summed E-state index contributed by atoms with van der Waals surface area (Å²) >= 11 is 0. The molecule has 1 fully saturated rings. The Hall–Kier alpha value is -1.77. The minimum absolute atomic E-state index is 0. The number of nitrogens with zero attached hydrogens (tertiary/aromatic N) is 3. The van der Waals surface area contributed by atoms with Crippen LogP contribution in [0.4, 0.5) is 0 Å². The van der Waals surface area contributed by atoms with E-state index in [1.165, 1.54) is 25.0 Å². The highest BCUT2D eigenvalue weighted by atomic mass is 127. The van der Waals surface area contributed by atoms with E-state index in [-0.39, 0.29) is 24.0 Å². The number of hydrogen-bond donors (Lipinski definition) is 2. The number of aromatic nitrogens is 2. The monoisotopic (exact) mass is 497 g/mol. The molecule has 1 aromatic carbocycles. The smallest absolute Gasteiger partial charge is 0.191 e. The van der Waals surface area contributed by atoms with E-state index < -0.39 is 0 Å². The molecule has 6 nitrogen and oxygen atoms in total. The second-order valence-corrected chi connectivity index (χ2v) is 7.13. The van der Waals surface area contributed by atoms with E-state index in [1.807, 2.05) is 13.0 Å². The summed E-state index contributed by atoms with van der Waals surface area (Å²) in [6, 6.07) is 10.4. The lowest BCUT2D eigenvalue weighted by Crippen LogP contribution is -2.37. The summed E-state index contributed by atoms with van der Waals surface area (Å²) in [6.45, 7) is 6.57. The number of aryl methyl sites for hydroxylation is 3. The van der Waals surface area contributed by atoms with Gasteiger partial charge in [-0.2, -0.15) is 5.10 Å². The lowest BCUT2D eigenvalue weighted by atomic mass is 9.96. The van der Waals surface area contributed by atoms with Gasteiger partial charge in [0.15, 0.2) is 5.96 Å². The Kier molecular flexibility index (Phi) is 9.08. The molecule has 1 heterocycles. The molecule has 2 N–H and O–H groups in total. The second-order valence-electron chi connectivity index (χ2n) is 7.13. The SMILES string of the molecule is CN=C(NCCCn1nc(C)cc1C)NCc1ccccc1OC1CCC1.I. The highest BCUT2D eigenvalue weighted by Crippen LogP contribution is 2.27. The van der Waals surface area contributed by atoms with Gasteiger partial charge in [0.05, 0.1) is 11.8 Å². The van der Waals surface area contributed by atoms with Crippen molar-refractivity contribution in [2.45, 2.75) is 58.7 Å². The first kappa shape index (κ1) is 22.5. The molecule has 0 unspecified atom stereocenters. The van der Waals surface area contributed by atoms with Gasteiger partial charge < -0.3 is 15.4 Å². The number of ether oxygens (including phenoxy) is 1. The lowest BCUT2D eigenvalue weighted by Gasteiger charge is -2.27. The zero-order valence-corrected chi connectivity index (χ0v) is 19.4. The van der Waals surface area contributed by atoms with Crippen LogP contribution in [0.1, 0.15) is 42.6 Å². The zero-order valence-electron chi connectivity index (χ0n) is 17.1. The van der Waals surface area contributed by atoms with Crippen molar-refractivity contribution in [2.24, 2.45) is 4.99 Å². The Bertz CT molecular complexity index is 770. The van der Waals surface area contributed by atoms with Crippen LogP contribution in [0.5, 0.6) is 5.75 Å². The third kappa shape index (κ3) is 6.39. The van der Waals surface area contributed by atoms with Crippen LogP contribution in [0, 0.1) is 13.8 Å². The van der Waals surface area contributed by atoms with Crippen molar-refractivity contribution < 1.29 is 4.74 Å². The van der Waals surface area contributed by atoms with Crippen LogP contribution >= 0.6 is 24.0 Å². The van der Waals surface area contributed by atoms with Gasteiger partial charge in [0.25, 0.3) is 0 Å². The molecule has 0 bridgehead atoms. The van der Waals surface area contributed by atoms with Gasteiger partial charge in [-0.25, -0.2) is 0 Å². The number of rotatable bonds is 8. The minimum atomic E-state index is 0. The lowest BCUT2D eigenvalue weighted by molar-refractivity contribution is 0.119. The fraction of sp³-hybridized carbons (Fsp3) is 0.524. The van der Waals surface area contributed by atoms with E-state index in [2.05, 4.69) is 56.6 Å². The van der Waals surface area contributed by atoms with Crippen LogP contribution in [0.25, 0.3) is 0 Å². The van der Waals surface area contributed by atoms with Gasteiger partial charge in [0, 0.05) is 37.9 Å². The molecule has 3 rings (SSSR count). The standard InChI is InChI=1S/C21H31N5O.HI/c1-16-14-17(2)26(25-16)13-7-12-23-21(22-3)24-15-18-8-4-5-11-20(18)27-19-9-6-10-19;/h4-5,8,11,14,19H,6-7,9-10,12-13,15H2,1-3H3,(H2,22,23,24);1H. The normalized spacial score (nSPS) is 14.2. The quantitative estimate of drug-likeness (QED) is 0.252. The van der Waals surface area contributed by atoms with E-state index in [1.54, 1.807) is 7.05 Å². The Balaban J connectivity index is 0.00000280. The molecule has 0 spiro atoms. The molecule has 28 heavy (non-hydrogen) atoms. The molecule has 0 aliphatic heterocycles. The van der Waals surface area contributed by atoms with Crippen LogP contribution in [-0.4, -0.2) is 35.4 Å². The van der Waals surface area contributed by atoms with Gasteiger partial charge in [0.2, 0.25) is 0 Å². The second kappa shape index (κ2) is 11.3.